The van der Waals surface area contributed by atoms with E-state index in [1.54, 1.807) is 13.0 Å². The number of benzene rings is 1. The predicted molar refractivity (Wildman–Crippen MR) is 140 cm³/mol. The first-order valence-electron chi connectivity index (χ1n) is 13.1. The second-order valence-corrected chi connectivity index (χ2v) is 10.6. The van der Waals surface area contributed by atoms with Crippen molar-refractivity contribution >= 4 is 34.4 Å². The summed E-state index contributed by atoms with van der Waals surface area (Å²) in [4.78, 5) is 43.7. The smallest absolute Gasteiger partial charge is 0.343 e. The minimum Gasteiger partial charge on any atom is -0.458 e. The lowest BCUT2D eigenvalue weighted by Gasteiger charge is -2.31. The fourth-order valence-electron chi connectivity index (χ4n) is 6.04. The molecule has 1 amide bonds. The van der Waals surface area contributed by atoms with Gasteiger partial charge in [0.05, 0.1) is 40.1 Å². The topological polar surface area (TPSA) is 120 Å². The summed E-state index contributed by atoms with van der Waals surface area (Å²) in [6, 6.07) is 2.44. The van der Waals surface area contributed by atoms with Crippen molar-refractivity contribution in [3.63, 3.8) is 0 Å². The molecule has 0 spiro atoms. The Morgan fingerprint density at radius 1 is 1.31 bits per heavy atom. The third-order valence-corrected chi connectivity index (χ3v) is 8.37. The fraction of sp³-hybridized carbons (Fsp3) is 0.429. The zero-order valence-corrected chi connectivity index (χ0v) is 22.3. The van der Waals surface area contributed by atoms with E-state index in [2.05, 4.69) is 5.32 Å². The van der Waals surface area contributed by atoms with Crippen LogP contribution in [-0.2, 0) is 44.2 Å². The lowest BCUT2D eigenvalue weighted by atomic mass is 9.83. The Morgan fingerprint density at radius 3 is 2.85 bits per heavy atom. The van der Waals surface area contributed by atoms with Gasteiger partial charge in [0.25, 0.3) is 5.56 Å². The van der Waals surface area contributed by atoms with Crippen molar-refractivity contribution in [2.24, 2.45) is 0 Å². The Bertz CT molecular complexity index is 1640. The number of cyclic esters (lactones) is 1. The molecule has 0 unspecified atom stereocenters. The zero-order valence-electron chi connectivity index (χ0n) is 21.5. The molecule has 3 aromatic rings. The van der Waals surface area contributed by atoms with E-state index in [1.165, 1.54) is 10.6 Å². The second-order valence-electron chi connectivity index (χ2n) is 10.2. The molecule has 3 aliphatic rings. The highest BCUT2D eigenvalue weighted by atomic mass is 35.5. The number of hydrogen-bond acceptors (Lipinski definition) is 7. The molecule has 0 fully saturated rings. The van der Waals surface area contributed by atoms with Crippen molar-refractivity contribution in [2.45, 2.75) is 64.3 Å². The number of aromatic nitrogens is 2. The van der Waals surface area contributed by atoms with Gasteiger partial charge in [0.2, 0.25) is 5.91 Å². The summed E-state index contributed by atoms with van der Waals surface area (Å²) in [6.07, 6.45) is 1.71. The van der Waals surface area contributed by atoms with Gasteiger partial charge in [0.15, 0.2) is 5.60 Å². The first-order valence-corrected chi connectivity index (χ1v) is 13.4. The predicted octanol–water partition coefficient (Wildman–Crippen LogP) is 3.40. The van der Waals surface area contributed by atoms with Gasteiger partial charge >= 0.3 is 5.97 Å². The molecule has 1 aliphatic carbocycles. The Hall–Kier alpha value is -3.34. The Balaban J connectivity index is 1.56. The average Bonchev–Trinajstić information content (AvgIpc) is 3.29. The highest BCUT2D eigenvalue weighted by molar-refractivity contribution is 6.32. The van der Waals surface area contributed by atoms with Gasteiger partial charge in [-0.15, -0.1) is 0 Å². The van der Waals surface area contributed by atoms with E-state index >= 15 is 0 Å². The quantitative estimate of drug-likeness (QED) is 0.276. The molecule has 39 heavy (non-hydrogen) atoms. The molecule has 2 N–H and O–H groups in total. The molecule has 2 aromatic heterocycles. The molecule has 6 rings (SSSR count). The summed E-state index contributed by atoms with van der Waals surface area (Å²) >= 11 is 6.39. The van der Waals surface area contributed by atoms with Crippen LogP contribution in [0.25, 0.3) is 22.3 Å². The number of ether oxygens (including phenoxy) is 2. The number of esters is 1. The summed E-state index contributed by atoms with van der Waals surface area (Å²) < 4.78 is 27.0. The van der Waals surface area contributed by atoms with Crippen LogP contribution < -0.4 is 10.9 Å². The van der Waals surface area contributed by atoms with E-state index in [1.807, 2.05) is 6.92 Å². The van der Waals surface area contributed by atoms with Crippen LogP contribution in [0.5, 0.6) is 0 Å². The monoisotopic (exact) mass is 555 g/mol. The molecule has 2 aliphatic heterocycles. The van der Waals surface area contributed by atoms with Crippen molar-refractivity contribution in [3.8, 4) is 11.4 Å². The van der Waals surface area contributed by atoms with Gasteiger partial charge in [-0.3, -0.25) is 9.59 Å². The second kappa shape index (κ2) is 9.39. The summed E-state index contributed by atoms with van der Waals surface area (Å²) in [5.74, 6) is -1.69. The maximum Gasteiger partial charge on any atom is 0.343 e. The number of nitrogens with zero attached hydrogens (tertiary/aromatic N) is 2. The fourth-order valence-corrected chi connectivity index (χ4v) is 6.29. The third-order valence-electron chi connectivity index (χ3n) is 7.96. The minimum absolute atomic E-state index is 0.0201. The lowest BCUT2D eigenvalue weighted by Crippen LogP contribution is -2.44. The van der Waals surface area contributed by atoms with Crippen LogP contribution in [-0.4, -0.2) is 39.7 Å². The van der Waals surface area contributed by atoms with Gasteiger partial charge in [-0.05, 0) is 42.9 Å². The van der Waals surface area contributed by atoms with Crippen LogP contribution in [0.3, 0.4) is 0 Å². The van der Waals surface area contributed by atoms with Crippen LogP contribution in [0.1, 0.15) is 67.0 Å². The lowest BCUT2D eigenvalue weighted by molar-refractivity contribution is -0.172. The summed E-state index contributed by atoms with van der Waals surface area (Å²) in [5.41, 5.74) is 1.31. The number of halogens is 2. The number of nitrogens with one attached hydrogen (secondary N) is 1. The van der Waals surface area contributed by atoms with E-state index < -0.39 is 29.0 Å². The first-order chi connectivity index (χ1) is 18.7. The molecule has 0 bridgehead atoms. The van der Waals surface area contributed by atoms with Crippen molar-refractivity contribution in [1.29, 1.82) is 0 Å². The highest BCUT2D eigenvalue weighted by Crippen LogP contribution is 2.46. The van der Waals surface area contributed by atoms with E-state index in [0.717, 1.165) is 12.0 Å². The molecule has 4 heterocycles. The van der Waals surface area contributed by atoms with Crippen molar-refractivity contribution in [3.05, 3.63) is 61.1 Å². The minimum atomic E-state index is -1.96. The molecule has 1 aromatic carbocycles. The number of pyridine rings is 2. The van der Waals surface area contributed by atoms with Crippen LogP contribution in [0.15, 0.2) is 16.9 Å². The average molecular weight is 556 g/mol. The SMILES string of the molecule is CCCOCC(=O)N[C@@H]1CCc2c(Cl)c(F)cc3nc4c(c1c23)Cn1c-4cc2c(c1=O)COC(=O)[C@]2(O)CC. The van der Waals surface area contributed by atoms with Crippen molar-refractivity contribution in [2.75, 3.05) is 13.2 Å². The summed E-state index contributed by atoms with van der Waals surface area (Å²) in [7, 11) is 0. The largest absolute Gasteiger partial charge is 0.458 e. The number of rotatable bonds is 6. The molecular formula is C28H27ClFN3O6. The molecule has 9 nitrogen and oxygen atoms in total. The molecule has 0 radical (unpaired) electrons. The van der Waals surface area contributed by atoms with Gasteiger partial charge in [-0.2, -0.15) is 0 Å². The van der Waals surface area contributed by atoms with Crippen molar-refractivity contribution in [1.82, 2.24) is 14.9 Å². The van der Waals surface area contributed by atoms with Gasteiger partial charge < -0.3 is 24.5 Å². The van der Waals surface area contributed by atoms with Gasteiger partial charge in [0, 0.05) is 29.2 Å². The van der Waals surface area contributed by atoms with Gasteiger partial charge in [-0.1, -0.05) is 25.4 Å². The maximum absolute atomic E-state index is 14.9. The van der Waals surface area contributed by atoms with Crippen LogP contribution in [0, 0.1) is 5.82 Å². The number of carbonyl (C=O) groups is 2. The van der Waals surface area contributed by atoms with Crippen LogP contribution >= 0.6 is 11.6 Å². The summed E-state index contributed by atoms with van der Waals surface area (Å²) in [6.45, 7) is 3.88. The Labute approximate surface area is 227 Å². The number of amides is 1. The van der Waals surface area contributed by atoms with Crippen molar-refractivity contribution < 1.29 is 28.6 Å². The number of carbonyl (C=O) groups excluding carboxylic acids is 2. The number of fused-ring (bicyclic) bond motifs is 5. The molecule has 0 saturated heterocycles. The van der Waals surface area contributed by atoms with Crippen LogP contribution in [0.2, 0.25) is 5.02 Å². The maximum atomic E-state index is 14.9. The van der Waals surface area contributed by atoms with Crippen LogP contribution in [0.4, 0.5) is 4.39 Å². The van der Waals surface area contributed by atoms with E-state index in [-0.39, 0.29) is 48.2 Å². The number of hydrogen-bond donors (Lipinski definition) is 2. The molecule has 204 valence electrons. The zero-order chi connectivity index (χ0) is 27.6. The van der Waals surface area contributed by atoms with E-state index in [9.17, 15) is 23.9 Å². The Morgan fingerprint density at radius 2 is 2.10 bits per heavy atom. The molecule has 2 atom stereocenters. The Kier molecular flexibility index (Phi) is 6.24. The third kappa shape index (κ3) is 3.80. The molecule has 11 heteroatoms. The number of aliphatic hydroxyl groups is 1. The van der Waals surface area contributed by atoms with Gasteiger partial charge in [-0.25, -0.2) is 14.2 Å². The first kappa shape index (κ1) is 25.9. The number of aryl methyl sites for hydroxylation is 1. The van der Waals surface area contributed by atoms with E-state index in [0.29, 0.717) is 52.9 Å². The van der Waals surface area contributed by atoms with Gasteiger partial charge in [0.1, 0.15) is 19.0 Å². The molecule has 0 saturated carbocycles. The highest BCUT2D eigenvalue weighted by Gasteiger charge is 2.46. The standard InChI is InChI=1S/C28H27ClFN3O6/c1-3-7-38-12-21(34)31-18-6-5-13-22-19(9-17(30)24(13)29)32-25-14(23(18)22)10-33-20(25)8-16-15(26(33)35)11-39-27(36)28(16,37)4-2/h8-9,18,37H,3-7,10-12H2,1-2H3,(H,31,34)/t18-,28+/m1/s1. The summed E-state index contributed by atoms with van der Waals surface area (Å²) in [5, 5.41) is 14.9. The molecular weight excluding hydrogens is 529 g/mol. The normalized spacial score (nSPS) is 20.8. The van der Waals surface area contributed by atoms with E-state index in [4.69, 9.17) is 26.1 Å².